The minimum atomic E-state index is -0.808. The number of amides is 4. The van der Waals surface area contributed by atoms with E-state index in [9.17, 15) is 19.2 Å². The molecule has 0 unspecified atom stereocenters. The first-order chi connectivity index (χ1) is 9.58. The highest BCUT2D eigenvalue weighted by Gasteiger charge is 2.61. The second-order valence-electron chi connectivity index (χ2n) is 6.01. The number of fused-ring (bicyclic) bond motifs is 5. The summed E-state index contributed by atoms with van der Waals surface area (Å²) in [6.07, 6.45) is 5.32. The molecule has 6 heteroatoms. The van der Waals surface area contributed by atoms with Crippen LogP contribution in [-0.4, -0.2) is 34.6 Å². The molecule has 4 amide bonds. The number of carbonyl (C=O) groups excluding carboxylic acids is 4. The van der Waals surface area contributed by atoms with Crippen LogP contribution in [0.15, 0.2) is 12.2 Å². The molecule has 4 aliphatic rings. The third kappa shape index (κ3) is 1.34. The van der Waals surface area contributed by atoms with E-state index in [2.05, 4.69) is 5.32 Å². The van der Waals surface area contributed by atoms with Gasteiger partial charge in [0.25, 0.3) is 0 Å². The van der Waals surface area contributed by atoms with Crippen LogP contribution in [0.1, 0.15) is 19.3 Å². The Morgan fingerprint density at radius 3 is 2.15 bits per heavy atom. The molecule has 6 nitrogen and oxygen atoms in total. The van der Waals surface area contributed by atoms with Crippen LogP contribution in [-0.2, 0) is 19.2 Å². The molecular formula is C14H14N2O4. The number of hydrogen-bond acceptors (Lipinski definition) is 4. The van der Waals surface area contributed by atoms with Gasteiger partial charge in [0.05, 0.1) is 11.8 Å². The molecule has 2 bridgehead atoms. The van der Waals surface area contributed by atoms with Gasteiger partial charge in [0, 0.05) is 6.42 Å². The van der Waals surface area contributed by atoms with Gasteiger partial charge >= 0.3 is 0 Å². The van der Waals surface area contributed by atoms with Gasteiger partial charge in [-0.05, 0) is 24.7 Å². The fraction of sp³-hybridized carbons (Fsp3) is 0.571. The number of hydrogen-bond donors (Lipinski definition) is 1. The first-order valence-electron chi connectivity index (χ1n) is 6.97. The minimum Gasteiger partial charge on any atom is -0.295 e. The van der Waals surface area contributed by atoms with Gasteiger partial charge in [-0.3, -0.25) is 29.4 Å². The molecule has 0 radical (unpaired) electrons. The maximum absolute atomic E-state index is 12.5. The SMILES string of the molecule is O=C1CC[C@@H](N2C(=O)[C@@H]3[C@@H](C2=O)[C@H]2C=C[C@H]3C2)C(=O)N1. The van der Waals surface area contributed by atoms with E-state index < -0.39 is 11.9 Å². The second kappa shape index (κ2) is 3.77. The Balaban J connectivity index is 1.65. The third-order valence-corrected chi connectivity index (χ3v) is 5.03. The van der Waals surface area contributed by atoms with E-state index in [1.54, 1.807) is 0 Å². The highest BCUT2D eigenvalue weighted by atomic mass is 16.2. The Bertz CT molecular complexity index is 552. The lowest BCUT2D eigenvalue weighted by atomic mass is 9.85. The molecule has 104 valence electrons. The van der Waals surface area contributed by atoms with Crippen molar-refractivity contribution in [3.05, 3.63) is 12.2 Å². The zero-order valence-corrected chi connectivity index (χ0v) is 10.7. The summed E-state index contributed by atoms with van der Waals surface area (Å²) < 4.78 is 0. The monoisotopic (exact) mass is 274 g/mol. The molecule has 0 aromatic rings. The number of rotatable bonds is 1. The summed E-state index contributed by atoms with van der Waals surface area (Å²) in [6.45, 7) is 0. The summed E-state index contributed by atoms with van der Waals surface area (Å²) in [5.41, 5.74) is 0. The summed E-state index contributed by atoms with van der Waals surface area (Å²) in [7, 11) is 0. The van der Waals surface area contributed by atoms with Crippen molar-refractivity contribution in [3.63, 3.8) is 0 Å². The number of likely N-dealkylation sites (tertiary alicyclic amines) is 1. The van der Waals surface area contributed by atoms with Crippen LogP contribution in [0, 0.1) is 23.7 Å². The highest BCUT2D eigenvalue weighted by Crippen LogP contribution is 2.53. The summed E-state index contributed by atoms with van der Waals surface area (Å²) in [4.78, 5) is 49.2. The molecule has 2 saturated heterocycles. The molecule has 1 N–H and O–H groups in total. The quantitative estimate of drug-likeness (QED) is 0.521. The zero-order chi connectivity index (χ0) is 14.0. The smallest absolute Gasteiger partial charge is 0.249 e. The second-order valence-corrected chi connectivity index (χ2v) is 6.01. The summed E-state index contributed by atoms with van der Waals surface area (Å²) in [6, 6.07) is -0.808. The Hall–Kier alpha value is -1.98. The van der Waals surface area contributed by atoms with Gasteiger partial charge in [-0.1, -0.05) is 12.2 Å². The molecular weight excluding hydrogens is 260 g/mol. The van der Waals surface area contributed by atoms with Gasteiger partial charge in [-0.2, -0.15) is 0 Å². The van der Waals surface area contributed by atoms with Gasteiger partial charge in [0.1, 0.15) is 6.04 Å². The van der Waals surface area contributed by atoms with Crippen molar-refractivity contribution in [2.45, 2.75) is 25.3 Å². The van der Waals surface area contributed by atoms with Gasteiger partial charge in [0.2, 0.25) is 23.6 Å². The van der Waals surface area contributed by atoms with E-state index in [0.717, 1.165) is 11.3 Å². The molecule has 5 atom stereocenters. The van der Waals surface area contributed by atoms with Crippen molar-refractivity contribution in [1.82, 2.24) is 10.2 Å². The number of allylic oxidation sites excluding steroid dienone is 2. The fourth-order valence-electron chi connectivity index (χ4n) is 4.16. The standard InChI is InChI=1S/C14H14N2O4/c17-9-4-3-8(12(18)15-9)16-13(19)10-6-1-2-7(5-6)11(10)14(16)20/h1-2,6-8,10-11H,3-5H2,(H,15,17,18)/t6-,7-,8+,10-,11-/m0/s1. The number of nitrogens with zero attached hydrogens (tertiary/aromatic N) is 1. The van der Waals surface area contributed by atoms with Crippen LogP contribution in [0.4, 0.5) is 0 Å². The predicted molar refractivity (Wildman–Crippen MR) is 65.7 cm³/mol. The average Bonchev–Trinajstić information content (AvgIpc) is 3.06. The molecule has 2 heterocycles. The normalized spacial score (nSPS) is 42.4. The zero-order valence-electron chi connectivity index (χ0n) is 10.7. The van der Waals surface area contributed by atoms with Crippen LogP contribution in [0.2, 0.25) is 0 Å². The number of imide groups is 2. The van der Waals surface area contributed by atoms with Crippen molar-refractivity contribution < 1.29 is 19.2 Å². The van der Waals surface area contributed by atoms with E-state index in [4.69, 9.17) is 0 Å². The fourth-order valence-corrected chi connectivity index (χ4v) is 4.16. The van der Waals surface area contributed by atoms with E-state index >= 15 is 0 Å². The lowest BCUT2D eigenvalue weighted by Crippen LogP contribution is -2.54. The maximum Gasteiger partial charge on any atom is 0.249 e. The minimum absolute atomic E-state index is 0.139. The third-order valence-electron chi connectivity index (χ3n) is 5.03. The van der Waals surface area contributed by atoms with E-state index in [0.29, 0.717) is 0 Å². The molecule has 1 saturated carbocycles. The summed E-state index contributed by atoms with van der Waals surface area (Å²) in [5.74, 6) is -1.63. The Labute approximate surface area is 115 Å². The lowest BCUT2D eigenvalue weighted by molar-refractivity contribution is -0.152. The van der Waals surface area contributed by atoms with Crippen molar-refractivity contribution in [3.8, 4) is 0 Å². The number of nitrogens with one attached hydrogen (secondary N) is 1. The van der Waals surface area contributed by atoms with Crippen molar-refractivity contribution >= 4 is 23.6 Å². The predicted octanol–water partition coefficient (Wildman–Crippen LogP) is -0.401. The number of piperidine rings is 1. The molecule has 0 aromatic heterocycles. The first-order valence-corrected chi connectivity index (χ1v) is 6.97. The van der Waals surface area contributed by atoms with Crippen LogP contribution in [0.3, 0.4) is 0 Å². The topological polar surface area (TPSA) is 83.6 Å². The van der Waals surface area contributed by atoms with Crippen LogP contribution in [0.5, 0.6) is 0 Å². The molecule has 0 spiro atoms. The van der Waals surface area contributed by atoms with Gasteiger partial charge in [0.15, 0.2) is 0 Å². The molecule has 2 aliphatic carbocycles. The summed E-state index contributed by atoms with van der Waals surface area (Å²) in [5, 5.41) is 2.21. The van der Waals surface area contributed by atoms with E-state index in [1.165, 1.54) is 0 Å². The van der Waals surface area contributed by atoms with Crippen molar-refractivity contribution in [2.75, 3.05) is 0 Å². The van der Waals surface area contributed by atoms with Gasteiger partial charge in [-0.15, -0.1) is 0 Å². The van der Waals surface area contributed by atoms with Crippen LogP contribution in [0.25, 0.3) is 0 Å². The molecule has 20 heavy (non-hydrogen) atoms. The number of carbonyl (C=O) groups is 4. The largest absolute Gasteiger partial charge is 0.295 e. The Kier molecular flexibility index (Phi) is 2.23. The highest BCUT2D eigenvalue weighted by molar-refractivity contribution is 6.11. The first kappa shape index (κ1) is 11.8. The molecule has 0 aromatic carbocycles. The molecule has 3 fully saturated rings. The Morgan fingerprint density at radius 1 is 1.00 bits per heavy atom. The average molecular weight is 274 g/mol. The van der Waals surface area contributed by atoms with Crippen molar-refractivity contribution in [1.29, 1.82) is 0 Å². The molecule has 2 aliphatic heterocycles. The van der Waals surface area contributed by atoms with Crippen LogP contribution >= 0.6 is 0 Å². The lowest BCUT2D eigenvalue weighted by Gasteiger charge is -2.29. The van der Waals surface area contributed by atoms with Gasteiger partial charge in [-0.25, -0.2) is 0 Å². The Morgan fingerprint density at radius 2 is 1.60 bits per heavy atom. The van der Waals surface area contributed by atoms with E-state index in [1.807, 2.05) is 12.2 Å². The van der Waals surface area contributed by atoms with Gasteiger partial charge < -0.3 is 0 Å². The van der Waals surface area contributed by atoms with Crippen LogP contribution < -0.4 is 5.32 Å². The van der Waals surface area contributed by atoms with Crippen molar-refractivity contribution in [2.24, 2.45) is 23.7 Å². The van der Waals surface area contributed by atoms with E-state index in [-0.39, 0.29) is 54.2 Å². The summed E-state index contributed by atoms with van der Waals surface area (Å²) >= 11 is 0. The maximum atomic E-state index is 12.5. The molecule has 4 rings (SSSR count).